The maximum Gasteiger partial charge on any atom is 0.208 e. The van der Waals surface area contributed by atoms with E-state index in [1.165, 1.54) is 30.3 Å². The lowest BCUT2D eigenvalue weighted by molar-refractivity contribution is 0.0714. The zero-order chi connectivity index (χ0) is 26.0. The van der Waals surface area contributed by atoms with Crippen molar-refractivity contribution in [1.82, 2.24) is 9.55 Å². The molecule has 196 valence electrons. The first-order chi connectivity index (χ1) is 17.0. The summed E-state index contributed by atoms with van der Waals surface area (Å²) in [7, 11) is 0. The minimum atomic E-state index is -0.671. The Bertz CT molecular complexity index is 1140. The van der Waals surface area contributed by atoms with Gasteiger partial charge in [-0.1, -0.05) is 33.3 Å². The molecule has 0 saturated heterocycles. The average Bonchev–Trinajstić information content (AvgIpc) is 3.14. The molecule has 2 N–H and O–H groups in total. The van der Waals surface area contributed by atoms with Crippen LogP contribution in [0.5, 0.6) is 5.75 Å². The Morgan fingerprint density at radius 2 is 1.81 bits per heavy atom. The molecule has 1 aromatic heterocycles. The van der Waals surface area contributed by atoms with E-state index in [2.05, 4.69) is 61.0 Å². The first-order valence-electron chi connectivity index (χ1n) is 13.8. The van der Waals surface area contributed by atoms with Gasteiger partial charge in [-0.05, 0) is 113 Å². The lowest BCUT2D eigenvalue weighted by Crippen LogP contribution is -2.30. The van der Waals surface area contributed by atoms with Crippen molar-refractivity contribution in [1.29, 1.82) is 0 Å². The Morgan fingerprint density at radius 3 is 2.44 bits per heavy atom. The van der Waals surface area contributed by atoms with Crippen LogP contribution in [0.2, 0.25) is 0 Å². The predicted octanol–water partition coefficient (Wildman–Crippen LogP) is 7.90. The van der Waals surface area contributed by atoms with Crippen molar-refractivity contribution in [3.8, 4) is 5.75 Å². The summed E-state index contributed by atoms with van der Waals surface area (Å²) in [5, 5.41) is 13.9. The standard InChI is InChI=1S/C31H45N3O2/c1-20(2)26-14-8-22(5)18-29(26)34-28-15-9-23(16-17-31(6,7)35)19-27(28)33-30(34)32-24-10-12-25(13-11-24)36-21(3)4/h9-13,15,19-22,26,29,35H,8,14,16-18H2,1-7H3,(H,32,33)/t22-,26+,29-/m1/s1. The second kappa shape index (κ2) is 10.8. The molecule has 1 aliphatic carbocycles. The van der Waals surface area contributed by atoms with Crippen molar-refractivity contribution in [2.75, 3.05) is 5.32 Å². The second-order valence-corrected chi connectivity index (χ2v) is 12.2. The molecular formula is C31H45N3O2. The molecule has 0 bridgehead atoms. The molecule has 1 aliphatic rings. The largest absolute Gasteiger partial charge is 0.491 e. The number of aryl methyl sites for hydroxylation is 1. The van der Waals surface area contributed by atoms with Gasteiger partial charge in [-0.2, -0.15) is 0 Å². The molecular weight excluding hydrogens is 446 g/mol. The number of nitrogens with zero attached hydrogens (tertiary/aromatic N) is 2. The molecule has 0 aliphatic heterocycles. The van der Waals surface area contributed by atoms with Crippen molar-refractivity contribution in [3.63, 3.8) is 0 Å². The van der Waals surface area contributed by atoms with E-state index < -0.39 is 5.60 Å². The van der Waals surface area contributed by atoms with Crippen LogP contribution in [-0.4, -0.2) is 26.4 Å². The molecule has 1 saturated carbocycles. The molecule has 4 rings (SSSR count). The fraction of sp³-hybridized carbons (Fsp3) is 0.581. The number of fused-ring (bicyclic) bond motifs is 1. The van der Waals surface area contributed by atoms with E-state index in [1.54, 1.807) is 0 Å². The fourth-order valence-corrected chi connectivity index (χ4v) is 5.64. The van der Waals surface area contributed by atoms with Crippen LogP contribution in [0.4, 0.5) is 11.6 Å². The molecule has 36 heavy (non-hydrogen) atoms. The topological polar surface area (TPSA) is 59.3 Å². The zero-order valence-corrected chi connectivity index (χ0v) is 23.2. The monoisotopic (exact) mass is 491 g/mol. The van der Waals surface area contributed by atoms with Gasteiger partial charge in [0, 0.05) is 11.7 Å². The number of hydrogen-bond acceptors (Lipinski definition) is 4. The van der Waals surface area contributed by atoms with E-state index in [1.807, 2.05) is 39.8 Å². The first kappa shape index (κ1) is 26.5. The molecule has 5 nitrogen and oxygen atoms in total. The number of nitrogens with one attached hydrogen (secondary N) is 1. The molecule has 0 unspecified atom stereocenters. The van der Waals surface area contributed by atoms with E-state index in [-0.39, 0.29) is 6.10 Å². The van der Waals surface area contributed by atoms with Crippen molar-refractivity contribution in [2.24, 2.45) is 17.8 Å². The highest BCUT2D eigenvalue weighted by Gasteiger charge is 2.34. The maximum atomic E-state index is 10.2. The van der Waals surface area contributed by atoms with E-state index in [0.717, 1.165) is 35.7 Å². The molecule has 3 aromatic rings. The van der Waals surface area contributed by atoms with Gasteiger partial charge in [0.05, 0.1) is 22.7 Å². The van der Waals surface area contributed by atoms with E-state index in [0.29, 0.717) is 23.8 Å². The summed E-state index contributed by atoms with van der Waals surface area (Å²) in [6.07, 6.45) is 5.44. The number of benzene rings is 2. The molecule has 5 heteroatoms. The zero-order valence-electron chi connectivity index (χ0n) is 23.2. The predicted molar refractivity (Wildman–Crippen MR) is 150 cm³/mol. The summed E-state index contributed by atoms with van der Waals surface area (Å²) in [4.78, 5) is 5.14. The number of hydrogen-bond donors (Lipinski definition) is 2. The summed E-state index contributed by atoms with van der Waals surface area (Å²) >= 11 is 0. The lowest BCUT2D eigenvalue weighted by atomic mass is 9.74. The number of aromatic nitrogens is 2. The minimum Gasteiger partial charge on any atom is -0.491 e. The van der Waals surface area contributed by atoms with E-state index >= 15 is 0 Å². The van der Waals surface area contributed by atoms with Gasteiger partial charge < -0.3 is 19.7 Å². The van der Waals surface area contributed by atoms with Gasteiger partial charge in [-0.15, -0.1) is 0 Å². The van der Waals surface area contributed by atoms with Crippen molar-refractivity contribution in [2.45, 2.75) is 98.3 Å². The van der Waals surface area contributed by atoms with Crippen LogP contribution in [0.15, 0.2) is 42.5 Å². The van der Waals surface area contributed by atoms with Crippen LogP contribution in [-0.2, 0) is 6.42 Å². The number of imidazole rings is 1. The summed E-state index contributed by atoms with van der Waals surface area (Å²) in [6.45, 7) is 14.9. The Balaban J connectivity index is 1.73. The Hall–Kier alpha value is -2.53. The summed E-state index contributed by atoms with van der Waals surface area (Å²) < 4.78 is 8.31. The van der Waals surface area contributed by atoms with E-state index in [4.69, 9.17) is 9.72 Å². The molecule has 0 amide bonds. The van der Waals surface area contributed by atoms with Gasteiger partial charge in [-0.25, -0.2) is 4.98 Å². The third-order valence-electron chi connectivity index (χ3n) is 7.58. The van der Waals surface area contributed by atoms with Crippen LogP contribution in [0, 0.1) is 17.8 Å². The van der Waals surface area contributed by atoms with Crippen LogP contribution >= 0.6 is 0 Å². The lowest BCUT2D eigenvalue weighted by Gasteiger charge is -2.39. The maximum absolute atomic E-state index is 10.2. The van der Waals surface area contributed by atoms with Crippen molar-refractivity contribution in [3.05, 3.63) is 48.0 Å². The summed E-state index contributed by atoms with van der Waals surface area (Å²) in [5.41, 5.74) is 3.76. The van der Waals surface area contributed by atoms with Gasteiger partial charge >= 0.3 is 0 Å². The Kier molecular flexibility index (Phi) is 7.99. The molecule has 2 aromatic carbocycles. The molecule has 1 heterocycles. The van der Waals surface area contributed by atoms with Gasteiger partial charge in [0.15, 0.2) is 0 Å². The van der Waals surface area contributed by atoms with Crippen LogP contribution in [0.25, 0.3) is 11.0 Å². The molecule has 3 atom stereocenters. The van der Waals surface area contributed by atoms with Gasteiger partial charge in [0.1, 0.15) is 5.75 Å². The smallest absolute Gasteiger partial charge is 0.208 e. The molecule has 0 radical (unpaired) electrons. The Labute approximate surface area is 217 Å². The van der Waals surface area contributed by atoms with Crippen LogP contribution in [0.3, 0.4) is 0 Å². The SMILES string of the molecule is CC(C)Oc1ccc(Nc2nc3cc(CCC(C)(C)O)ccc3n2[C@@H]2C[C@H](C)CC[C@H]2C(C)C)cc1. The van der Waals surface area contributed by atoms with Crippen molar-refractivity contribution < 1.29 is 9.84 Å². The fourth-order valence-electron chi connectivity index (χ4n) is 5.64. The number of rotatable bonds is 9. The highest BCUT2D eigenvalue weighted by molar-refractivity contribution is 5.81. The highest BCUT2D eigenvalue weighted by atomic mass is 16.5. The van der Waals surface area contributed by atoms with E-state index in [9.17, 15) is 5.11 Å². The third kappa shape index (κ3) is 6.42. The quantitative estimate of drug-likeness (QED) is 0.319. The molecule has 1 fully saturated rings. The number of ether oxygens (including phenoxy) is 1. The average molecular weight is 492 g/mol. The van der Waals surface area contributed by atoms with Crippen LogP contribution < -0.4 is 10.1 Å². The number of aliphatic hydroxyl groups is 1. The van der Waals surface area contributed by atoms with Gasteiger partial charge in [0.25, 0.3) is 0 Å². The Morgan fingerprint density at radius 1 is 1.08 bits per heavy atom. The first-order valence-corrected chi connectivity index (χ1v) is 13.8. The minimum absolute atomic E-state index is 0.153. The van der Waals surface area contributed by atoms with Crippen LogP contribution in [0.1, 0.15) is 85.8 Å². The highest BCUT2D eigenvalue weighted by Crippen LogP contribution is 2.44. The van der Waals surface area contributed by atoms with Gasteiger partial charge in [-0.3, -0.25) is 0 Å². The second-order valence-electron chi connectivity index (χ2n) is 12.2. The van der Waals surface area contributed by atoms with Crippen molar-refractivity contribution >= 4 is 22.7 Å². The summed E-state index contributed by atoms with van der Waals surface area (Å²) in [5.74, 6) is 3.73. The molecule has 0 spiro atoms. The number of anilines is 2. The third-order valence-corrected chi connectivity index (χ3v) is 7.58. The normalized spacial score (nSPS) is 20.9. The van der Waals surface area contributed by atoms with Gasteiger partial charge in [0.2, 0.25) is 5.95 Å². The summed E-state index contributed by atoms with van der Waals surface area (Å²) in [6, 6.07) is 15.2.